The summed E-state index contributed by atoms with van der Waals surface area (Å²) in [7, 11) is 1.37. The van der Waals surface area contributed by atoms with E-state index in [4.69, 9.17) is 16.3 Å². The summed E-state index contributed by atoms with van der Waals surface area (Å²) in [5.74, 6) is -2.04. The van der Waals surface area contributed by atoms with Gasteiger partial charge in [0.1, 0.15) is 5.65 Å². The molecule has 1 aliphatic rings. The van der Waals surface area contributed by atoms with Gasteiger partial charge in [0.05, 0.1) is 15.9 Å². The van der Waals surface area contributed by atoms with Crippen molar-refractivity contribution in [3.05, 3.63) is 34.5 Å². The van der Waals surface area contributed by atoms with Crippen LogP contribution in [0.25, 0.3) is 21.9 Å². The Labute approximate surface area is 140 Å². The van der Waals surface area contributed by atoms with Crippen LogP contribution in [0.4, 0.5) is 13.6 Å². The zero-order chi connectivity index (χ0) is 17.0. The number of halogens is 3. The average Bonchev–Trinajstić information content (AvgIpc) is 3.31. The second-order valence-corrected chi connectivity index (χ2v) is 6.11. The molecule has 2 heterocycles. The molecule has 0 aliphatic heterocycles. The number of benzene rings is 1. The molecule has 0 atom stereocenters. The van der Waals surface area contributed by atoms with Gasteiger partial charge in [0.15, 0.2) is 17.4 Å². The van der Waals surface area contributed by atoms with E-state index >= 15 is 0 Å². The van der Waals surface area contributed by atoms with E-state index in [1.807, 2.05) is 0 Å². The first-order valence-electron chi connectivity index (χ1n) is 7.38. The van der Waals surface area contributed by atoms with Gasteiger partial charge in [0.2, 0.25) is 0 Å². The highest BCUT2D eigenvalue weighted by Gasteiger charge is 2.31. The van der Waals surface area contributed by atoms with Crippen LogP contribution in [0.3, 0.4) is 0 Å². The molecular weight excluding hydrogens is 340 g/mol. The summed E-state index contributed by atoms with van der Waals surface area (Å²) in [6, 6.07) is 0.834. The van der Waals surface area contributed by atoms with E-state index < -0.39 is 17.7 Å². The Hall–Kier alpha value is -2.41. The van der Waals surface area contributed by atoms with Crippen LogP contribution in [0.1, 0.15) is 24.3 Å². The number of amides is 1. The highest BCUT2D eigenvalue weighted by Crippen LogP contribution is 2.48. The van der Waals surface area contributed by atoms with Gasteiger partial charge in [-0.3, -0.25) is 0 Å². The van der Waals surface area contributed by atoms with Crippen LogP contribution in [0.15, 0.2) is 12.3 Å². The number of rotatable bonds is 2. The number of carbonyl (C=O) groups excluding carboxylic acids is 1. The summed E-state index contributed by atoms with van der Waals surface area (Å²) in [4.78, 5) is 18.6. The Morgan fingerprint density at radius 2 is 2.17 bits per heavy atom. The third kappa shape index (κ3) is 2.19. The van der Waals surface area contributed by atoms with Crippen LogP contribution in [0.2, 0.25) is 5.02 Å². The molecule has 8 heteroatoms. The smallest absolute Gasteiger partial charge is 0.408 e. The molecule has 1 aliphatic carbocycles. The first-order valence-corrected chi connectivity index (χ1v) is 7.76. The van der Waals surface area contributed by atoms with E-state index in [1.54, 1.807) is 0 Å². The maximum Gasteiger partial charge on any atom is 0.412 e. The highest BCUT2D eigenvalue weighted by molar-refractivity contribution is 6.33. The number of nitrogens with zero attached hydrogens (tertiary/aromatic N) is 1. The van der Waals surface area contributed by atoms with Gasteiger partial charge < -0.3 is 15.0 Å². The molecule has 0 bridgehead atoms. The van der Waals surface area contributed by atoms with Crippen LogP contribution in [0, 0.1) is 11.6 Å². The molecule has 5 nitrogen and oxygen atoms in total. The van der Waals surface area contributed by atoms with Gasteiger partial charge in [0, 0.05) is 24.7 Å². The number of H-pyrrole nitrogens is 1. The van der Waals surface area contributed by atoms with Crippen LogP contribution in [0.5, 0.6) is 5.75 Å². The van der Waals surface area contributed by atoms with Crippen molar-refractivity contribution in [1.82, 2.24) is 15.3 Å². The number of carbonyl (C=O) groups is 1. The van der Waals surface area contributed by atoms with E-state index in [0.29, 0.717) is 16.1 Å². The Morgan fingerprint density at radius 3 is 2.83 bits per heavy atom. The number of ether oxygens (including phenoxy) is 1. The normalized spacial score (nSPS) is 14.3. The molecule has 1 fully saturated rings. The maximum absolute atomic E-state index is 14.5. The van der Waals surface area contributed by atoms with Crippen molar-refractivity contribution >= 4 is 39.6 Å². The van der Waals surface area contributed by atoms with Crippen molar-refractivity contribution in [3.63, 3.8) is 0 Å². The van der Waals surface area contributed by atoms with Crippen molar-refractivity contribution in [2.75, 3.05) is 7.05 Å². The number of aromatic amines is 1. The summed E-state index contributed by atoms with van der Waals surface area (Å²) in [5, 5.41) is 3.13. The van der Waals surface area contributed by atoms with E-state index in [2.05, 4.69) is 15.3 Å². The first kappa shape index (κ1) is 15.1. The van der Waals surface area contributed by atoms with Crippen molar-refractivity contribution in [3.8, 4) is 5.75 Å². The molecule has 1 amide bonds. The number of pyridine rings is 1. The summed E-state index contributed by atoms with van der Waals surface area (Å²) in [6.45, 7) is 0. The molecule has 3 aromatic rings. The van der Waals surface area contributed by atoms with Crippen LogP contribution < -0.4 is 10.1 Å². The second-order valence-electron chi connectivity index (χ2n) is 5.70. The minimum atomic E-state index is -1.11. The SMILES string of the molecule is CNC(=O)Oc1cc(F)c(F)c2c1[nH]c1ncc(Cl)c(C3CC3)c12. The quantitative estimate of drug-likeness (QED) is 0.725. The van der Waals surface area contributed by atoms with Crippen LogP contribution in [-0.2, 0) is 0 Å². The summed E-state index contributed by atoms with van der Waals surface area (Å²) in [5.41, 5.74) is 1.30. The van der Waals surface area contributed by atoms with Gasteiger partial charge in [-0.25, -0.2) is 18.6 Å². The molecule has 0 saturated heterocycles. The largest absolute Gasteiger partial charge is 0.412 e. The van der Waals surface area contributed by atoms with Gasteiger partial charge in [0.25, 0.3) is 0 Å². The Balaban J connectivity index is 2.10. The number of fused-ring (bicyclic) bond motifs is 3. The fourth-order valence-electron chi connectivity index (χ4n) is 2.93. The zero-order valence-corrected chi connectivity index (χ0v) is 13.3. The van der Waals surface area contributed by atoms with Gasteiger partial charge in [-0.1, -0.05) is 11.6 Å². The van der Waals surface area contributed by atoms with Crippen LogP contribution in [-0.4, -0.2) is 23.1 Å². The first-order chi connectivity index (χ1) is 11.5. The summed E-state index contributed by atoms with van der Waals surface area (Å²) >= 11 is 6.25. The monoisotopic (exact) mass is 351 g/mol. The van der Waals surface area contributed by atoms with E-state index in [9.17, 15) is 13.6 Å². The number of hydrogen-bond acceptors (Lipinski definition) is 3. The third-order valence-corrected chi connectivity index (χ3v) is 4.44. The topological polar surface area (TPSA) is 67.0 Å². The number of hydrogen-bond donors (Lipinski definition) is 2. The van der Waals surface area contributed by atoms with Crippen molar-refractivity contribution in [2.24, 2.45) is 0 Å². The van der Waals surface area contributed by atoms with Crippen LogP contribution >= 0.6 is 11.6 Å². The predicted molar refractivity (Wildman–Crippen MR) is 85.6 cm³/mol. The molecule has 24 heavy (non-hydrogen) atoms. The second kappa shape index (κ2) is 5.31. The molecule has 4 rings (SSSR count). The van der Waals surface area contributed by atoms with Crippen molar-refractivity contribution in [1.29, 1.82) is 0 Å². The number of aromatic nitrogens is 2. The van der Waals surface area contributed by atoms with Gasteiger partial charge in [-0.2, -0.15) is 0 Å². The van der Waals surface area contributed by atoms with Crippen molar-refractivity contribution < 1.29 is 18.3 Å². The molecule has 1 saturated carbocycles. The molecule has 0 radical (unpaired) electrons. The van der Waals surface area contributed by atoms with Gasteiger partial charge >= 0.3 is 6.09 Å². The average molecular weight is 352 g/mol. The third-order valence-electron chi connectivity index (χ3n) is 4.14. The Morgan fingerprint density at radius 1 is 1.42 bits per heavy atom. The van der Waals surface area contributed by atoms with Gasteiger partial charge in [-0.15, -0.1) is 0 Å². The minimum Gasteiger partial charge on any atom is -0.408 e. The lowest BCUT2D eigenvalue weighted by atomic mass is 10.0. The van der Waals surface area contributed by atoms with Crippen molar-refractivity contribution in [2.45, 2.75) is 18.8 Å². The molecule has 124 valence electrons. The lowest BCUT2D eigenvalue weighted by Gasteiger charge is -2.07. The highest BCUT2D eigenvalue weighted by atomic mass is 35.5. The predicted octanol–water partition coefficient (Wildman–Crippen LogP) is 4.24. The molecule has 0 spiro atoms. The molecule has 1 aromatic carbocycles. The molecule has 0 unspecified atom stereocenters. The molecule has 2 aromatic heterocycles. The Kier molecular flexibility index (Phi) is 3.35. The number of nitrogens with one attached hydrogen (secondary N) is 2. The lowest BCUT2D eigenvalue weighted by Crippen LogP contribution is -2.22. The minimum absolute atomic E-state index is 0.000744. The standard InChI is InChI=1S/C16H12ClF2N3O2/c1-20-16(23)24-9-4-8(18)13(19)12-11-10(6-2-3-6)7(17)5-21-15(11)22-14(9)12/h4-6H,2-3H2,1H3,(H,20,23)(H,21,22). The fourth-order valence-corrected chi connectivity index (χ4v) is 3.23. The maximum atomic E-state index is 14.5. The fraction of sp³-hybridized carbons (Fsp3) is 0.250. The molecular formula is C16H12ClF2N3O2. The summed E-state index contributed by atoms with van der Waals surface area (Å²) < 4.78 is 33.6. The van der Waals surface area contributed by atoms with E-state index in [1.165, 1.54) is 13.2 Å². The van der Waals surface area contributed by atoms with E-state index in [-0.39, 0.29) is 22.6 Å². The Bertz CT molecular complexity index is 998. The zero-order valence-electron chi connectivity index (χ0n) is 12.5. The summed E-state index contributed by atoms with van der Waals surface area (Å²) in [6.07, 6.45) is 2.57. The lowest BCUT2D eigenvalue weighted by molar-refractivity contribution is 0.203. The molecule has 2 N–H and O–H groups in total. The van der Waals surface area contributed by atoms with Gasteiger partial charge in [-0.05, 0) is 24.3 Å². The van der Waals surface area contributed by atoms with E-state index in [0.717, 1.165) is 24.5 Å².